The van der Waals surface area contributed by atoms with Gasteiger partial charge in [-0.05, 0) is 12.8 Å². The maximum atomic E-state index is 9.80. The predicted molar refractivity (Wildman–Crippen MR) is 54.8 cm³/mol. The maximum absolute atomic E-state index is 9.80. The summed E-state index contributed by atoms with van der Waals surface area (Å²) in [6, 6.07) is 0. The Morgan fingerprint density at radius 3 is 1.20 bits per heavy atom. The van der Waals surface area contributed by atoms with Gasteiger partial charge in [0.25, 0.3) is 0 Å². The molecule has 0 fully saturated rings. The van der Waals surface area contributed by atoms with Gasteiger partial charge in [0.15, 0.2) is 0 Å². The summed E-state index contributed by atoms with van der Waals surface area (Å²) >= 11 is 0. The van der Waals surface area contributed by atoms with Gasteiger partial charge >= 0.3 is 33.4 Å². The summed E-state index contributed by atoms with van der Waals surface area (Å²) in [7, 11) is -4.21. The third-order valence-electron chi connectivity index (χ3n) is 1.39. The summed E-state index contributed by atoms with van der Waals surface area (Å²) in [5.74, 6) is 0. The minimum absolute atomic E-state index is 0. The predicted octanol–water partition coefficient (Wildman–Crippen LogP) is 1.78. The summed E-state index contributed by atoms with van der Waals surface area (Å²) in [4.78, 5) is 19.6. The van der Waals surface area contributed by atoms with Gasteiger partial charge in [-0.25, -0.2) is 0 Å². The fourth-order valence-corrected chi connectivity index (χ4v) is 1.72. The van der Waals surface area contributed by atoms with Gasteiger partial charge in [-0.2, -0.15) is 0 Å². The van der Waals surface area contributed by atoms with Gasteiger partial charge in [0, 0.05) is 0 Å². The molecule has 0 N–H and O–H groups in total. The third kappa shape index (κ3) is 31.3. The molecule has 0 saturated heterocycles. The van der Waals surface area contributed by atoms with Crippen LogP contribution in [0.15, 0.2) is 0 Å². The van der Waals surface area contributed by atoms with Crippen LogP contribution in [0.5, 0.6) is 0 Å². The van der Waals surface area contributed by atoms with E-state index in [9.17, 15) is 18.9 Å². The second-order valence-electron chi connectivity index (χ2n) is 2.82. The van der Waals surface area contributed by atoms with E-state index in [1.54, 1.807) is 0 Å². The molecule has 2 atom stereocenters. The van der Waals surface area contributed by atoms with Crippen LogP contribution in [-0.2, 0) is 26.5 Å². The zero-order chi connectivity index (χ0) is 11.4. The molecule has 0 radical (unpaired) electrons. The van der Waals surface area contributed by atoms with Gasteiger partial charge in [-0.15, -0.1) is 0 Å². The molecule has 0 heterocycles. The Bertz CT molecular complexity index is 149. The number of hydrogen-bond acceptors (Lipinski definition) is 4. The van der Waals surface area contributed by atoms with Crippen molar-refractivity contribution in [2.75, 3.05) is 12.3 Å². The summed E-state index contributed by atoms with van der Waals surface area (Å²) in [6.07, 6.45) is 4.24. The first-order valence-corrected chi connectivity index (χ1v) is 7.50. The molecule has 0 saturated carbocycles. The minimum Gasteiger partial charge on any atom is -0.596 e. The van der Waals surface area contributed by atoms with E-state index < -0.39 is 16.1 Å². The van der Waals surface area contributed by atoms with E-state index in [1.807, 2.05) is 13.8 Å². The Morgan fingerprint density at radius 1 is 0.867 bits per heavy atom. The molecule has 88 valence electrons. The molecule has 0 rings (SSSR count). The molecule has 0 aliphatic rings. The van der Waals surface area contributed by atoms with Crippen molar-refractivity contribution in [1.29, 1.82) is 0 Å². The Kier molecular flexibility index (Phi) is 23.9. The van der Waals surface area contributed by atoms with Crippen molar-refractivity contribution in [3.05, 3.63) is 0 Å². The molecule has 0 spiro atoms. The Labute approximate surface area is 104 Å². The van der Waals surface area contributed by atoms with Crippen LogP contribution in [0.1, 0.15) is 39.5 Å². The molecule has 0 aromatic rings. The monoisotopic (exact) mass is 292 g/mol. The standard InChI is InChI=1S/2C4H9O2P.Cr/c2*1-2-3-4-7(5)6;/h2*2-4H2,1H3;/q;;+2. The van der Waals surface area contributed by atoms with Gasteiger partial charge in [-0.3, -0.25) is 0 Å². The van der Waals surface area contributed by atoms with Crippen LogP contribution >= 0.6 is 16.1 Å². The molecule has 0 aromatic carbocycles. The molecule has 15 heavy (non-hydrogen) atoms. The first-order chi connectivity index (χ1) is 6.54. The van der Waals surface area contributed by atoms with Crippen molar-refractivity contribution in [3.63, 3.8) is 0 Å². The smallest absolute Gasteiger partial charge is 0.596 e. The van der Waals surface area contributed by atoms with E-state index in [0.29, 0.717) is 12.3 Å². The first-order valence-electron chi connectivity index (χ1n) is 4.78. The molecule has 4 nitrogen and oxygen atoms in total. The van der Waals surface area contributed by atoms with Crippen LogP contribution in [0, 0.1) is 0 Å². The third-order valence-corrected chi connectivity index (χ3v) is 2.75. The van der Waals surface area contributed by atoms with Crippen LogP contribution in [0.25, 0.3) is 0 Å². The second kappa shape index (κ2) is 17.1. The fourth-order valence-electron chi connectivity index (χ4n) is 0.574. The van der Waals surface area contributed by atoms with E-state index in [0.717, 1.165) is 25.7 Å². The van der Waals surface area contributed by atoms with Gasteiger partial charge in [0.2, 0.25) is 0 Å². The van der Waals surface area contributed by atoms with E-state index >= 15 is 0 Å². The van der Waals surface area contributed by atoms with Crippen LogP contribution in [0.4, 0.5) is 0 Å². The topological polar surface area (TPSA) is 80.3 Å². The molecular formula is C8H18CrO4P2+2. The van der Waals surface area contributed by atoms with E-state index in [2.05, 4.69) is 0 Å². The van der Waals surface area contributed by atoms with E-state index in [4.69, 9.17) is 0 Å². The van der Waals surface area contributed by atoms with E-state index in [1.165, 1.54) is 0 Å². The average molecular weight is 292 g/mol. The molecule has 0 aliphatic carbocycles. The van der Waals surface area contributed by atoms with Gasteiger partial charge in [0.1, 0.15) is 12.3 Å². The SMILES string of the molecule is CCCC[P+](=O)[O-].CCCC[P+](=O)[O-].[Cr+2]. The summed E-state index contributed by atoms with van der Waals surface area (Å²) < 4.78 is 19.6. The molecule has 0 aromatic heterocycles. The zero-order valence-electron chi connectivity index (χ0n) is 9.18. The van der Waals surface area contributed by atoms with Gasteiger partial charge in [-0.1, -0.05) is 35.8 Å². The van der Waals surface area contributed by atoms with Gasteiger partial charge < -0.3 is 9.79 Å². The number of rotatable bonds is 6. The number of unbranched alkanes of at least 4 members (excludes halogenated alkanes) is 2. The molecule has 0 amide bonds. The Hall–Kier alpha value is 0.652. The summed E-state index contributed by atoms with van der Waals surface area (Å²) in [5, 5.41) is 0. The number of hydrogen-bond donors (Lipinski definition) is 0. The van der Waals surface area contributed by atoms with Crippen LogP contribution in [-0.4, -0.2) is 12.3 Å². The average Bonchev–Trinajstić information content (AvgIpc) is 2.12. The summed E-state index contributed by atoms with van der Waals surface area (Å²) in [5.41, 5.74) is 0. The normalized spacial score (nSPS) is 10.7. The van der Waals surface area contributed by atoms with Crippen molar-refractivity contribution >= 4 is 16.1 Å². The van der Waals surface area contributed by atoms with Gasteiger partial charge in [0.05, 0.1) is 0 Å². The quantitative estimate of drug-likeness (QED) is 0.699. The molecular weight excluding hydrogens is 274 g/mol. The molecule has 0 bridgehead atoms. The second-order valence-corrected chi connectivity index (χ2v) is 5.05. The molecule has 2 unspecified atom stereocenters. The van der Waals surface area contributed by atoms with Crippen LogP contribution in [0.3, 0.4) is 0 Å². The first kappa shape index (κ1) is 21.0. The van der Waals surface area contributed by atoms with Crippen molar-refractivity contribution < 1.29 is 36.3 Å². The van der Waals surface area contributed by atoms with Crippen molar-refractivity contribution in [2.24, 2.45) is 0 Å². The van der Waals surface area contributed by atoms with Crippen molar-refractivity contribution in [1.82, 2.24) is 0 Å². The zero-order valence-corrected chi connectivity index (χ0v) is 12.2. The Balaban J connectivity index is -0.000000180. The van der Waals surface area contributed by atoms with Crippen LogP contribution in [0.2, 0.25) is 0 Å². The largest absolute Gasteiger partial charge is 2.00 e. The maximum Gasteiger partial charge on any atom is 2.00 e. The van der Waals surface area contributed by atoms with Crippen molar-refractivity contribution in [3.8, 4) is 0 Å². The van der Waals surface area contributed by atoms with E-state index in [-0.39, 0.29) is 17.4 Å². The molecule has 0 aliphatic heterocycles. The minimum atomic E-state index is -2.11. The van der Waals surface area contributed by atoms with Crippen molar-refractivity contribution in [2.45, 2.75) is 39.5 Å². The van der Waals surface area contributed by atoms with Crippen LogP contribution < -0.4 is 9.79 Å². The Morgan fingerprint density at radius 2 is 1.13 bits per heavy atom. The fraction of sp³-hybridized carbons (Fsp3) is 1.00. The summed E-state index contributed by atoms with van der Waals surface area (Å²) in [6.45, 7) is 3.94. The molecule has 7 heteroatoms.